The minimum Gasteiger partial charge on any atom is -0.396 e. The van der Waals surface area contributed by atoms with Crippen LogP contribution in [0.2, 0.25) is 0 Å². The van der Waals surface area contributed by atoms with Crippen LogP contribution in [0.5, 0.6) is 0 Å². The largest absolute Gasteiger partial charge is 0.396 e. The van der Waals surface area contributed by atoms with Gasteiger partial charge in [-0.3, -0.25) is 0 Å². The van der Waals surface area contributed by atoms with Crippen molar-refractivity contribution < 1.29 is 0 Å². The smallest absolute Gasteiger partial charge is 0.156 e. The molecule has 15 heavy (non-hydrogen) atoms. The third kappa shape index (κ3) is 1.63. The highest BCUT2D eigenvalue weighted by Gasteiger charge is 2.06. The van der Waals surface area contributed by atoms with E-state index in [0.717, 1.165) is 11.4 Å². The average molecular weight is 203 g/mol. The molecule has 0 amide bonds. The number of aryl methyl sites for hydroxylation is 2. The fourth-order valence-electron chi connectivity index (χ4n) is 1.45. The van der Waals surface area contributed by atoms with Crippen LogP contribution >= 0.6 is 0 Å². The minimum absolute atomic E-state index is 0.333. The van der Waals surface area contributed by atoms with Gasteiger partial charge in [0.1, 0.15) is 5.82 Å². The first-order chi connectivity index (χ1) is 7.08. The molecule has 2 aromatic rings. The van der Waals surface area contributed by atoms with Crippen LogP contribution in [0.15, 0.2) is 18.2 Å². The van der Waals surface area contributed by atoms with Gasteiger partial charge in [-0.1, -0.05) is 0 Å². The molecular weight excluding hydrogens is 190 g/mol. The molecule has 0 aliphatic carbocycles. The van der Waals surface area contributed by atoms with Crippen molar-refractivity contribution in [2.75, 3.05) is 11.5 Å². The third-order valence-electron chi connectivity index (χ3n) is 2.17. The van der Waals surface area contributed by atoms with Crippen LogP contribution in [0.25, 0.3) is 5.82 Å². The number of hydrogen-bond donors (Lipinski definition) is 2. The summed E-state index contributed by atoms with van der Waals surface area (Å²) in [7, 11) is 0. The average Bonchev–Trinajstić information content (AvgIpc) is 2.50. The monoisotopic (exact) mass is 203 g/mol. The zero-order valence-electron chi connectivity index (χ0n) is 8.73. The van der Waals surface area contributed by atoms with Crippen LogP contribution in [0.4, 0.5) is 11.5 Å². The standard InChI is InChI=1S/C10H13N5/c1-6-5-7(2)15(14-6)9-4-3-8(11)10(12)13-9/h3-5H,11H2,1-2H3,(H2,12,13). The highest BCUT2D eigenvalue weighted by Crippen LogP contribution is 2.15. The van der Waals surface area contributed by atoms with E-state index in [-0.39, 0.29) is 0 Å². The lowest BCUT2D eigenvalue weighted by Gasteiger charge is -2.05. The SMILES string of the molecule is Cc1cc(C)n(-c2ccc(N)c(N)n2)n1. The van der Waals surface area contributed by atoms with Crippen molar-refractivity contribution in [2.45, 2.75) is 13.8 Å². The van der Waals surface area contributed by atoms with Crippen molar-refractivity contribution in [3.8, 4) is 5.82 Å². The van der Waals surface area contributed by atoms with Crippen molar-refractivity contribution in [2.24, 2.45) is 0 Å². The normalized spacial score (nSPS) is 10.5. The van der Waals surface area contributed by atoms with E-state index in [1.165, 1.54) is 0 Å². The quantitative estimate of drug-likeness (QED) is 0.725. The molecule has 0 unspecified atom stereocenters. The molecule has 0 radical (unpaired) electrons. The lowest BCUT2D eigenvalue weighted by Crippen LogP contribution is -2.05. The number of aromatic nitrogens is 3. The lowest BCUT2D eigenvalue weighted by molar-refractivity contribution is 0.808. The summed E-state index contributed by atoms with van der Waals surface area (Å²) in [4.78, 5) is 4.17. The molecule has 5 heteroatoms. The molecule has 78 valence electrons. The van der Waals surface area contributed by atoms with Gasteiger partial charge in [-0.05, 0) is 32.0 Å². The summed E-state index contributed by atoms with van der Waals surface area (Å²) in [6, 6.07) is 5.51. The molecule has 0 fully saturated rings. The van der Waals surface area contributed by atoms with Gasteiger partial charge in [-0.15, -0.1) is 0 Å². The molecule has 5 nitrogen and oxygen atoms in total. The Bertz CT molecular complexity index is 501. The first kappa shape index (κ1) is 9.51. The van der Waals surface area contributed by atoms with Crippen molar-refractivity contribution in [3.63, 3.8) is 0 Å². The van der Waals surface area contributed by atoms with Crippen LogP contribution in [0.1, 0.15) is 11.4 Å². The van der Waals surface area contributed by atoms with Gasteiger partial charge in [0.05, 0.1) is 11.4 Å². The second-order valence-electron chi connectivity index (χ2n) is 3.48. The summed E-state index contributed by atoms with van der Waals surface area (Å²) in [5.41, 5.74) is 13.7. The van der Waals surface area contributed by atoms with E-state index in [1.54, 1.807) is 16.8 Å². The topological polar surface area (TPSA) is 82.8 Å². The molecule has 4 N–H and O–H groups in total. The van der Waals surface area contributed by atoms with E-state index in [9.17, 15) is 0 Å². The molecule has 2 aromatic heterocycles. The molecule has 0 aromatic carbocycles. The summed E-state index contributed by atoms with van der Waals surface area (Å²) in [6.07, 6.45) is 0. The molecule has 0 spiro atoms. The van der Waals surface area contributed by atoms with Gasteiger partial charge in [-0.2, -0.15) is 5.10 Å². The Labute approximate surface area is 87.7 Å². The number of nitrogens with two attached hydrogens (primary N) is 2. The van der Waals surface area contributed by atoms with Crippen LogP contribution in [-0.4, -0.2) is 14.8 Å². The van der Waals surface area contributed by atoms with Crippen LogP contribution in [-0.2, 0) is 0 Å². The number of pyridine rings is 1. The van der Waals surface area contributed by atoms with Gasteiger partial charge in [0.25, 0.3) is 0 Å². The molecule has 0 atom stereocenters. The first-order valence-electron chi connectivity index (χ1n) is 4.63. The molecule has 2 rings (SSSR count). The van der Waals surface area contributed by atoms with E-state index in [2.05, 4.69) is 10.1 Å². The maximum absolute atomic E-state index is 5.64. The number of rotatable bonds is 1. The van der Waals surface area contributed by atoms with Crippen LogP contribution < -0.4 is 11.5 Å². The number of hydrogen-bond acceptors (Lipinski definition) is 4. The third-order valence-corrected chi connectivity index (χ3v) is 2.17. The van der Waals surface area contributed by atoms with Crippen LogP contribution in [0, 0.1) is 13.8 Å². The number of nitrogens with zero attached hydrogens (tertiary/aromatic N) is 3. The molecule has 2 heterocycles. The summed E-state index contributed by atoms with van der Waals surface area (Å²) < 4.78 is 1.74. The van der Waals surface area contributed by atoms with Gasteiger partial charge in [0, 0.05) is 5.69 Å². The van der Waals surface area contributed by atoms with E-state index in [4.69, 9.17) is 11.5 Å². The maximum atomic E-state index is 5.64. The van der Waals surface area contributed by atoms with Gasteiger partial charge in [0.2, 0.25) is 0 Å². The molecule has 0 aliphatic rings. The maximum Gasteiger partial charge on any atom is 0.156 e. The second kappa shape index (κ2) is 3.27. The van der Waals surface area contributed by atoms with Gasteiger partial charge in [0.15, 0.2) is 5.82 Å². The van der Waals surface area contributed by atoms with E-state index >= 15 is 0 Å². The highest BCUT2D eigenvalue weighted by molar-refractivity contribution is 5.59. The fourth-order valence-corrected chi connectivity index (χ4v) is 1.45. The number of anilines is 2. The minimum atomic E-state index is 0.333. The van der Waals surface area contributed by atoms with Gasteiger partial charge < -0.3 is 11.5 Å². The Morgan fingerprint density at radius 1 is 1.20 bits per heavy atom. The summed E-state index contributed by atoms with van der Waals surface area (Å²) in [5, 5.41) is 4.31. The molecular formula is C10H13N5. The van der Waals surface area contributed by atoms with Gasteiger partial charge in [-0.25, -0.2) is 9.67 Å². The van der Waals surface area contributed by atoms with Crippen LogP contribution in [0.3, 0.4) is 0 Å². The lowest BCUT2D eigenvalue weighted by atomic mass is 10.3. The molecule has 0 saturated carbocycles. The summed E-state index contributed by atoms with van der Waals surface area (Å²) in [5.74, 6) is 1.02. The Hall–Kier alpha value is -2.04. The molecule has 0 bridgehead atoms. The highest BCUT2D eigenvalue weighted by atomic mass is 15.3. The predicted molar refractivity (Wildman–Crippen MR) is 59.7 cm³/mol. The Morgan fingerprint density at radius 2 is 1.93 bits per heavy atom. The first-order valence-corrected chi connectivity index (χ1v) is 4.63. The summed E-state index contributed by atoms with van der Waals surface area (Å²) in [6.45, 7) is 3.90. The zero-order chi connectivity index (χ0) is 11.0. The van der Waals surface area contributed by atoms with Crippen molar-refractivity contribution in [1.82, 2.24) is 14.8 Å². The molecule has 0 aliphatic heterocycles. The Balaban J connectivity index is 2.54. The van der Waals surface area contributed by atoms with Crippen molar-refractivity contribution in [3.05, 3.63) is 29.6 Å². The van der Waals surface area contributed by atoms with E-state index in [0.29, 0.717) is 17.3 Å². The van der Waals surface area contributed by atoms with E-state index < -0.39 is 0 Å². The van der Waals surface area contributed by atoms with Gasteiger partial charge >= 0.3 is 0 Å². The fraction of sp³-hybridized carbons (Fsp3) is 0.200. The Kier molecular flexibility index (Phi) is 2.07. The summed E-state index contributed by atoms with van der Waals surface area (Å²) >= 11 is 0. The second-order valence-corrected chi connectivity index (χ2v) is 3.48. The molecule has 0 saturated heterocycles. The Morgan fingerprint density at radius 3 is 2.47 bits per heavy atom. The number of nitrogen functional groups attached to an aromatic ring is 2. The predicted octanol–water partition coefficient (Wildman–Crippen LogP) is 1.05. The van der Waals surface area contributed by atoms with Crippen molar-refractivity contribution in [1.29, 1.82) is 0 Å². The van der Waals surface area contributed by atoms with E-state index in [1.807, 2.05) is 19.9 Å². The zero-order valence-corrected chi connectivity index (χ0v) is 8.73. The van der Waals surface area contributed by atoms with Crippen molar-refractivity contribution >= 4 is 11.5 Å².